The Morgan fingerprint density at radius 2 is 2.30 bits per heavy atom. The van der Waals surface area contributed by atoms with E-state index in [1.54, 1.807) is 11.3 Å². The maximum Gasteiger partial charge on any atom is -0.00613 e. The summed E-state index contributed by atoms with van der Waals surface area (Å²) in [6.45, 7) is 2.24. The van der Waals surface area contributed by atoms with Gasteiger partial charge >= 0.3 is 0 Å². The first-order chi connectivity index (χ1) is 4.93. The molecule has 1 aromatic heterocycles. The Morgan fingerprint density at radius 1 is 1.40 bits per heavy atom. The minimum atomic E-state index is 1.28. The average Bonchev–Trinajstić information content (AvgIpc) is 2.41. The number of unbranched alkanes of at least 4 members (excludes halogenated alkanes) is 2. The fraction of sp³-hybridized carbons (Fsp3) is 0.556. The Hall–Kier alpha value is -0.300. The van der Waals surface area contributed by atoms with Crippen LogP contribution in [0, 0.1) is 0 Å². The van der Waals surface area contributed by atoms with Crippen LogP contribution in [0.4, 0.5) is 0 Å². The second kappa shape index (κ2) is 4.51. The first-order valence-corrected chi connectivity index (χ1v) is 4.89. The summed E-state index contributed by atoms with van der Waals surface area (Å²) in [5.41, 5.74) is 1.51. The summed E-state index contributed by atoms with van der Waals surface area (Å²) in [4.78, 5) is 0. The molecule has 0 atom stereocenters. The molecule has 1 heterocycles. The third-order valence-corrected chi connectivity index (χ3v) is 2.38. The van der Waals surface area contributed by atoms with E-state index in [9.17, 15) is 0 Å². The smallest absolute Gasteiger partial charge is 0.00613 e. The maximum atomic E-state index is 2.25. The van der Waals surface area contributed by atoms with Gasteiger partial charge < -0.3 is 0 Å². The molecule has 1 rings (SSSR count). The lowest BCUT2D eigenvalue weighted by Gasteiger charge is -1.93. The fourth-order valence-corrected chi connectivity index (χ4v) is 1.72. The van der Waals surface area contributed by atoms with E-state index in [0.717, 1.165) is 0 Å². The van der Waals surface area contributed by atoms with Crippen molar-refractivity contribution in [1.82, 2.24) is 0 Å². The predicted molar refractivity (Wildman–Crippen MR) is 47.5 cm³/mol. The average molecular weight is 154 g/mol. The largest absolute Gasteiger partial charge is 0.152 e. The van der Waals surface area contributed by atoms with Gasteiger partial charge in [-0.3, -0.25) is 0 Å². The van der Waals surface area contributed by atoms with Crippen molar-refractivity contribution >= 4 is 11.3 Å². The summed E-state index contributed by atoms with van der Waals surface area (Å²) >= 11 is 1.80. The van der Waals surface area contributed by atoms with E-state index in [1.807, 2.05) is 0 Å². The first-order valence-electron chi connectivity index (χ1n) is 3.94. The molecule has 0 nitrogen and oxygen atoms in total. The molecule has 0 radical (unpaired) electrons. The molecule has 1 heteroatoms. The molecule has 0 spiro atoms. The molecule has 0 fully saturated rings. The molecule has 0 aliphatic rings. The molecule has 0 aromatic carbocycles. The summed E-state index contributed by atoms with van der Waals surface area (Å²) in [6, 6.07) is 2.22. The van der Waals surface area contributed by atoms with Gasteiger partial charge in [0, 0.05) is 0 Å². The monoisotopic (exact) mass is 154 g/mol. The molecule has 10 heavy (non-hydrogen) atoms. The second-order valence-corrected chi connectivity index (χ2v) is 3.37. The van der Waals surface area contributed by atoms with Crippen molar-refractivity contribution in [3.63, 3.8) is 0 Å². The van der Waals surface area contributed by atoms with Crippen molar-refractivity contribution in [2.45, 2.75) is 32.6 Å². The minimum absolute atomic E-state index is 1.28. The quantitative estimate of drug-likeness (QED) is 0.582. The Kier molecular flexibility index (Phi) is 3.52. The van der Waals surface area contributed by atoms with Crippen molar-refractivity contribution < 1.29 is 0 Å². The van der Waals surface area contributed by atoms with E-state index in [2.05, 4.69) is 23.8 Å². The van der Waals surface area contributed by atoms with Gasteiger partial charge in [0.25, 0.3) is 0 Å². The highest BCUT2D eigenvalue weighted by Crippen LogP contribution is 2.09. The van der Waals surface area contributed by atoms with Crippen LogP contribution in [-0.4, -0.2) is 0 Å². The SMILES string of the molecule is CCCCCc1ccsc1. The second-order valence-electron chi connectivity index (χ2n) is 2.59. The number of hydrogen-bond acceptors (Lipinski definition) is 1. The molecule has 0 amide bonds. The molecule has 1 aromatic rings. The highest BCUT2D eigenvalue weighted by molar-refractivity contribution is 7.07. The van der Waals surface area contributed by atoms with Gasteiger partial charge in [0.15, 0.2) is 0 Å². The predicted octanol–water partition coefficient (Wildman–Crippen LogP) is 3.48. The van der Waals surface area contributed by atoms with Gasteiger partial charge in [-0.15, -0.1) is 0 Å². The molecule has 0 saturated carbocycles. The number of hydrogen-bond donors (Lipinski definition) is 0. The van der Waals surface area contributed by atoms with Gasteiger partial charge in [-0.2, -0.15) is 11.3 Å². The van der Waals surface area contributed by atoms with Crippen molar-refractivity contribution in [2.24, 2.45) is 0 Å². The zero-order chi connectivity index (χ0) is 7.23. The van der Waals surface area contributed by atoms with Crippen molar-refractivity contribution in [3.8, 4) is 0 Å². The number of rotatable bonds is 4. The highest BCUT2D eigenvalue weighted by atomic mass is 32.1. The van der Waals surface area contributed by atoms with Crippen LogP contribution in [0.5, 0.6) is 0 Å². The summed E-state index contributed by atoms with van der Waals surface area (Å²) < 4.78 is 0. The van der Waals surface area contributed by atoms with Gasteiger partial charge in [0.2, 0.25) is 0 Å². The van der Waals surface area contributed by atoms with E-state index >= 15 is 0 Å². The van der Waals surface area contributed by atoms with E-state index in [0.29, 0.717) is 0 Å². The molecule has 0 aliphatic carbocycles. The minimum Gasteiger partial charge on any atom is -0.152 e. The fourth-order valence-electron chi connectivity index (χ4n) is 1.01. The van der Waals surface area contributed by atoms with Crippen LogP contribution in [0.2, 0.25) is 0 Å². The lowest BCUT2D eigenvalue weighted by atomic mass is 10.1. The number of thiophene rings is 1. The van der Waals surface area contributed by atoms with Crippen LogP contribution in [0.3, 0.4) is 0 Å². The van der Waals surface area contributed by atoms with Gasteiger partial charge in [0.1, 0.15) is 0 Å². The van der Waals surface area contributed by atoms with Gasteiger partial charge in [-0.1, -0.05) is 19.8 Å². The molecule has 0 N–H and O–H groups in total. The van der Waals surface area contributed by atoms with Gasteiger partial charge in [-0.05, 0) is 35.2 Å². The zero-order valence-electron chi connectivity index (χ0n) is 6.47. The van der Waals surface area contributed by atoms with Crippen molar-refractivity contribution in [1.29, 1.82) is 0 Å². The Bertz CT molecular complexity index is 153. The van der Waals surface area contributed by atoms with Gasteiger partial charge in [0.05, 0.1) is 0 Å². The first kappa shape index (κ1) is 7.80. The summed E-state index contributed by atoms with van der Waals surface area (Å²) in [6.07, 6.45) is 5.32. The van der Waals surface area contributed by atoms with Crippen molar-refractivity contribution in [2.75, 3.05) is 0 Å². The molecule has 0 unspecified atom stereocenters. The topological polar surface area (TPSA) is 0 Å². The van der Waals surface area contributed by atoms with E-state index in [1.165, 1.54) is 31.2 Å². The number of aryl methyl sites for hydroxylation is 1. The van der Waals surface area contributed by atoms with E-state index < -0.39 is 0 Å². The molecule has 0 saturated heterocycles. The normalized spacial score (nSPS) is 10.1. The van der Waals surface area contributed by atoms with Crippen LogP contribution in [0.25, 0.3) is 0 Å². The molecule has 0 aliphatic heterocycles. The zero-order valence-corrected chi connectivity index (χ0v) is 7.29. The summed E-state index contributed by atoms with van der Waals surface area (Å²) in [5.74, 6) is 0. The lowest BCUT2D eigenvalue weighted by molar-refractivity contribution is 0.718. The molecule has 0 bridgehead atoms. The lowest BCUT2D eigenvalue weighted by Crippen LogP contribution is -1.80. The van der Waals surface area contributed by atoms with Crippen LogP contribution in [-0.2, 0) is 6.42 Å². The Balaban J connectivity index is 2.15. The molecular formula is C9H14S. The van der Waals surface area contributed by atoms with Crippen LogP contribution >= 0.6 is 11.3 Å². The van der Waals surface area contributed by atoms with Crippen LogP contribution < -0.4 is 0 Å². The molecule has 56 valence electrons. The summed E-state index contributed by atoms with van der Waals surface area (Å²) in [5, 5.41) is 4.40. The third kappa shape index (κ3) is 2.53. The van der Waals surface area contributed by atoms with Gasteiger partial charge in [-0.25, -0.2) is 0 Å². The van der Waals surface area contributed by atoms with Crippen LogP contribution in [0.1, 0.15) is 31.7 Å². The summed E-state index contributed by atoms with van der Waals surface area (Å²) in [7, 11) is 0. The van der Waals surface area contributed by atoms with E-state index in [4.69, 9.17) is 0 Å². The Morgan fingerprint density at radius 3 is 2.90 bits per heavy atom. The third-order valence-electron chi connectivity index (χ3n) is 1.65. The maximum absolute atomic E-state index is 2.25. The molecular weight excluding hydrogens is 140 g/mol. The van der Waals surface area contributed by atoms with Crippen LogP contribution in [0.15, 0.2) is 16.8 Å². The highest BCUT2D eigenvalue weighted by Gasteiger charge is 1.90. The van der Waals surface area contributed by atoms with E-state index in [-0.39, 0.29) is 0 Å². The Labute approximate surface area is 66.9 Å². The van der Waals surface area contributed by atoms with Crippen molar-refractivity contribution in [3.05, 3.63) is 22.4 Å². The standard InChI is InChI=1S/C9H14S/c1-2-3-4-5-9-6-7-10-8-9/h6-8H,2-5H2,1H3.